The van der Waals surface area contributed by atoms with Crippen LogP contribution in [0.3, 0.4) is 0 Å². The molecule has 0 bridgehead atoms. The Kier molecular flexibility index (Phi) is 5.68. The molecule has 3 rings (SSSR count). The Morgan fingerprint density at radius 2 is 1.88 bits per heavy atom. The highest BCUT2D eigenvalue weighted by Crippen LogP contribution is 2.24. The van der Waals surface area contributed by atoms with Gasteiger partial charge in [-0.25, -0.2) is 0 Å². The van der Waals surface area contributed by atoms with Crippen LogP contribution in [0.5, 0.6) is 0 Å². The molecule has 1 aromatic carbocycles. The first-order valence-electron chi connectivity index (χ1n) is 8.45. The van der Waals surface area contributed by atoms with Crippen molar-refractivity contribution in [3.8, 4) is 0 Å². The number of thiophene rings is 1. The molecule has 0 radical (unpaired) electrons. The quantitative estimate of drug-likeness (QED) is 0.816. The van der Waals surface area contributed by atoms with Gasteiger partial charge in [-0.05, 0) is 41.1 Å². The lowest BCUT2D eigenvalue weighted by atomic mass is 10.1. The molecule has 1 aliphatic heterocycles. The molecule has 0 spiro atoms. The third-order valence-corrected chi connectivity index (χ3v) is 5.34. The van der Waals surface area contributed by atoms with Crippen LogP contribution in [0.25, 0.3) is 0 Å². The zero-order chi connectivity index (χ0) is 18.5. The van der Waals surface area contributed by atoms with Gasteiger partial charge in [0.15, 0.2) is 0 Å². The number of nitrogens with zero attached hydrogens (tertiary/aromatic N) is 1. The van der Waals surface area contributed by atoms with E-state index in [1.54, 1.807) is 35.6 Å². The molecule has 2 amide bonds. The van der Waals surface area contributed by atoms with E-state index >= 15 is 0 Å². The van der Waals surface area contributed by atoms with Crippen molar-refractivity contribution < 1.29 is 19.5 Å². The maximum absolute atomic E-state index is 12.3. The zero-order valence-corrected chi connectivity index (χ0v) is 15.1. The molecule has 1 aromatic heterocycles. The van der Waals surface area contributed by atoms with Gasteiger partial charge in [0.25, 0.3) is 0 Å². The monoisotopic (exact) mass is 372 g/mol. The molecule has 1 aliphatic rings. The van der Waals surface area contributed by atoms with Crippen LogP contribution in [0.4, 0.5) is 5.69 Å². The molecule has 7 heteroatoms. The van der Waals surface area contributed by atoms with Crippen molar-refractivity contribution in [3.63, 3.8) is 0 Å². The summed E-state index contributed by atoms with van der Waals surface area (Å²) in [7, 11) is 0. The van der Waals surface area contributed by atoms with Crippen LogP contribution in [0.2, 0.25) is 0 Å². The van der Waals surface area contributed by atoms with Crippen LogP contribution in [0.1, 0.15) is 28.8 Å². The lowest BCUT2D eigenvalue weighted by Crippen LogP contribution is -2.35. The highest BCUT2D eigenvalue weighted by molar-refractivity contribution is 7.10. The molecule has 136 valence electrons. The van der Waals surface area contributed by atoms with Crippen LogP contribution in [-0.2, 0) is 33.8 Å². The average molecular weight is 372 g/mol. The number of carbonyl (C=O) groups is 3. The Balaban J connectivity index is 1.45. The van der Waals surface area contributed by atoms with Gasteiger partial charge in [0, 0.05) is 36.5 Å². The van der Waals surface area contributed by atoms with Crippen molar-refractivity contribution in [1.29, 1.82) is 0 Å². The van der Waals surface area contributed by atoms with Crippen molar-refractivity contribution in [2.24, 2.45) is 0 Å². The second-order valence-corrected chi connectivity index (χ2v) is 7.25. The number of fused-ring (bicyclic) bond motifs is 1. The highest BCUT2D eigenvalue weighted by Gasteiger charge is 2.21. The third kappa shape index (κ3) is 4.70. The number of hydrogen-bond donors (Lipinski definition) is 2. The van der Waals surface area contributed by atoms with E-state index in [1.165, 1.54) is 10.4 Å². The Bertz CT molecular complexity index is 813. The lowest BCUT2D eigenvalue weighted by molar-refractivity contribution is -0.136. The molecule has 0 aliphatic carbocycles. The summed E-state index contributed by atoms with van der Waals surface area (Å²) in [6.07, 6.45) is 1.14. The number of nitrogens with one attached hydrogen (secondary N) is 1. The van der Waals surface area contributed by atoms with Gasteiger partial charge in [-0.3, -0.25) is 14.4 Å². The van der Waals surface area contributed by atoms with E-state index in [4.69, 9.17) is 5.11 Å². The van der Waals surface area contributed by atoms with Crippen molar-refractivity contribution in [2.45, 2.75) is 32.2 Å². The summed E-state index contributed by atoms with van der Waals surface area (Å²) in [5, 5.41) is 13.5. The van der Waals surface area contributed by atoms with Gasteiger partial charge in [-0.15, -0.1) is 11.3 Å². The van der Waals surface area contributed by atoms with Gasteiger partial charge in [0.05, 0.1) is 6.42 Å². The van der Waals surface area contributed by atoms with E-state index in [0.717, 1.165) is 6.42 Å². The van der Waals surface area contributed by atoms with Gasteiger partial charge in [-0.2, -0.15) is 0 Å². The molecule has 6 nitrogen and oxygen atoms in total. The maximum atomic E-state index is 12.3. The number of benzene rings is 1. The predicted octanol–water partition coefficient (Wildman–Crippen LogP) is 2.68. The van der Waals surface area contributed by atoms with Crippen LogP contribution in [0, 0.1) is 0 Å². The molecule has 0 atom stereocenters. The molecule has 0 saturated carbocycles. The van der Waals surface area contributed by atoms with Crippen LogP contribution in [0.15, 0.2) is 35.7 Å². The minimum atomic E-state index is -0.896. The normalized spacial score (nSPS) is 13.2. The number of aliphatic carboxylic acids is 1. The van der Waals surface area contributed by atoms with Gasteiger partial charge in [0.2, 0.25) is 11.8 Å². The first kappa shape index (κ1) is 18.1. The Labute approximate surface area is 155 Å². The molecule has 0 fully saturated rings. The first-order chi connectivity index (χ1) is 12.5. The average Bonchev–Trinajstić information content (AvgIpc) is 3.08. The van der Waals surface area contributed by atoms with Gasteiger partial charge >= 0.3 is 5.97 Å². The van der Waals surface area contributed by atoms with E-state index in [0.29, 0.717) is 24.3 Å². The summed E-state index contributed by atoms with van der Waals surface area (Å²) in [6.45, 7) is 1.34. The van der Waals surface area contributed by atoms with E-state index in [9.17, 15) is 14.4 Å². The summed E-state index contributed by atoms with van der Waals surface area (Å²) in [6, 6.07) is 8.73. The summed E-state index contributed by atoms with van der Waals surface area (Å²) in [5.41, 5.74) is 2.47. The summed E-state index contributed by atoms with van der Waals surface area (Å²) in [5.74, 6) is -1.13. The minimum Gasteiger partial charge on any atom is -0.481 e. The summed E-state index contributed by atoms with van der Waals surface area (Å²) in [4.78, 5) is 38.2. The first-order valence-corrected chi connectivity index (χ1v) is 9.33. The number of hydrogen-bond acceptors (Lipinski definition) is 4. The molecular formula is C19H20N2O4S. The smallest absolute Gasteiger partial charge is 0.307 e. The fourth-order valence-corrected chi connectivity index (χ4v) is 3.83. The molecule has 26 heavy (non-hydrogen) atoms. The summed E-state index contributed by atoms with van der Waals surface area (Å²) >= 11 is 1.73. The van der Waals surface area contributed by atoms with E-state index in [-0.39, 0.29) is 31.1 Å². The van der Waals surface area contributed by atoms with Crippen molar-refractivity contribution >= 4 is 34.8 Å². The highest BCUT2D eigenvalue weighted by atomic mass is 32.1. The SMILES string of the molecule is O=C(O)Cc1ccc(NC(=O)CCC(=O)N2CCc3sccc3C2)cc1. The largest absolute Gasteiger partial charge is 0.481 e. The van der Waals surface area contributed by atoms with Crippen molar-refractivity contribution in [3.05, 3.63) is 51.7 Å². The number of carbonyl (C=O) groups excluding carboxylic acids is 2. The topological polar surface area (TPSA) is 86.7 Å². The molecule has 2 aromatic rings. The van der Waals surface area contributed by atoms with E-state index in [1.807, 2.05) is 10.3 Å². The van der Waals surface area contributed by atoms with Crippen LogP contribution < -0.4 is 5.32 Å². The minimum absolute atomic E-state index is 0.00574. The number of anilines is 1. The third-order valence-electron chi connectivity index (χ3n) is 4.32. The molecule has 2 heterocycles. The second-order valence-electron chi connectivity index (χ2n) is 6.25. The second kappa shape index (κ2) is 8.14. The molecular weight excluding hydrogens is 352 g/mol. The zero-order valence-electron chi connectivity index (χ0n) is 14.2. The van der Waals surface area contributed by atoms with Gasteiger partial charge in [-0.1, -0.05) is 12.1 Å². The standard InChI is InChI=1S/C19H20N2O4S/c22-17(20-15-3-1-13(2-4-15)11-19(24)25)5-6-18(23)21-9-7-16-14(12-21)8-10-26-16/h1-4,8,10H,5-7,9,11-12H2,(H,20,22)(H,24,25). The number of carboxylic acids is 1. The van der Waals surface area contributed by atoms with Crippen molar-refractivity contribution in [2.75, 3.05) is 11.9 Å². The van der Waals surface area contributed by atoms with Crippen LogP contribution in [-0.4, -0.2) is 34.3 Å². The maximum Gasteiger partial charge on any atom is 0.307 e. The van der Waals surface area contributed by atoms with Crippen LogP contribution >= 0.6 is 11.3 Å². The number of carboxylic acid groups (broad SMARTS) is 1. The number of rotatable bonds is 6. The summed E-state index contributed by atoms with van der Waals surface area (Å²) < 4.78 is 0. The Hall–Kier alpha value is -2.67. The Morgan fingerprint density at radius 1 is 1.12 bits per heavy atom. The van der Waals surface area contributed by atoms with E-state index < -0.39 is 5.97 Å². The predicted molar refractivity (Wildman–Crippen MR) is 99.1 cm³/mol. The number of amides is 2. The fraction of sp³-hybridized carbons (Fsp3) is 0.316. The van der Waals surface area contributed by atoms with Gasteiger partial charge in [0.1, 0.15) is 0 Å². The molecule has 0 saturated heterocycles. The molecule has 2 N–H and O–H groups in total. The Morgan fingerprint density at radius 3 is 2.62 bits per heavy atom. The van der Waals surface area contributed by atoms with E-state index in [2.05, 4.69) is 11.4 Å². The fourth-order valence-electron chi connectivity index (χ4n) is 2.94. The van der Waals surface area contributed by atoms with Crippen molar-refractivity contribution in [1.82, 2.24) is 4.90 Å². The molecule has 0 unspecified atom stereocenters. The van der Waals surface area contributed by atoms with Gasteiger partial charge < -0.3 is 15.3 Å². The lowest BCUT2D eigenvalue weighted by Gasteiger charge is -2.27.